The van der Waals surface area contributed by atoms with Gasteiger partial charge in [-0.3, -0.25) is 0 Å². The van der Waals surface area contributed by atoms with Crippen LogP contribution in [0.4, 0.5) is 13.6 Å². The molecule has 0 aromatic heterocycles. The van der Waals surface area contributed by atoms with E-state index in [1.54, 1.807) is 4.90 Å². The minimum Gasteiger partial charge on any atom is -0.485 e. The fourth-order valence-electron chi connectivity index (χ4n) is 4.47. The Bertz CT molecular complexity index is 1150. The molecule has 0 aliphatic heterocycles. The minimum absolute atomic E-state index is 0.0467. The van der Waals surface area contributed by atoms with Crippen LogP contribution in [-0.2, 0) is 25.6 Å². The number of benzene rings is 2. The zero-order valence-electron chi connectivity index (χ0n) is 26.2. The second-order valence-electron chi connectivity index (χ2n) is 11.0. The van der Waals surface area contributed by atoms with Crippen molar-refractivity contribution in [1.29, 1.82) is 0 Å². The molecule has 0 spiro atoms. The van der Waals surface area contributed by atoms with E-state index in [9.17, 15) is 18.4 Å². The smallest absolute Gasteiger partial charge is 0.410 e. The Hall–Kier alpha value is -3.30. The zero-order valence-corrected chi connectivity index (χ0v) is 26.2. The van der Waals surface area contributed by atoms with Crippen molar-refractivity contribution in [3.63, 3.8) is 0 Å². The van der Waals surface area contributed by atoms with Crippen molar-refractivity contribution in [2.45, 2.75) is 85.0 Å². The normalized spacial score (nSPS) is 14.7. The maximum atomic E-state index is 14.7. The summed E-state index contributed by atoms with van der Waals surface area (Å²) < 4.78 is 51.5. The number of allylic oxidation sites excluding steroid dienone is 1. The molecular weight excluding hydrogens is 556 g/mol. The van der Waals surface area contributed by atoms with Gasteiger partial charge >= 0.3 is 6.09 Å². The van der Waals surface area contributed by atoms with Gasteiger partial charge in [0.2, 0.25) is 0 Å². The average molecular weight is 604 g/mol. The number of hydrogen-bond acceptors (Lipinski definition) is 6. The van der Waals surface area contributed by atoms with E-state index in [-0.39, 0.29) is 25.1 Å². The topological polar surface area (TPSA) is 74.3 Å². The van der Waals surface area contributed by atoms with Crippen molar-refractivity contribution < 1.29 is 37.3 Å². The molecule has 1 aliphatic carbocycles. The molecule has 0 N–H and O–H groups in total. The summed E-state index contributed by atoms with van der Waals surface area (Å²) in [5.41, 5.74) is 1.51. The maximum Gasteiger partial charge on any atom is 0.410 e. The number of halogens is 2. The third-order valence-electron chi connectivity index (χ3n) is 6.46. The molecule has 0 fully saturated rings. The Kier molecular flexibility index (Phi) is 15.9. The van der Waals surface area contributed by atoms with Gasteiger partial charge in [0.1, 0.15) is 30.9 Å². The summed E-state index contributed by atoms with van der Waals surface area (Å²) in [7, 11) is 0. The number of unbranched alkanes of at least 4 members (excludes halogenated alkanes) is 1. The average Bonchev–Trinajstić information content (AvgIpc) is 2.98. The molecule has 2 aromatic rings. The summed E-state index contributed by atoms with van der Waals surface area (Å²) in [4.78, 5) is 24.7. The maximum absolute atomic E-state index is 14.7. The first-order chi connectivity index (χ1) is 20.7. The highest BCUT2D eigenvalue weighted by Gasteiger charge is 2.24. The molecule has 1 unspecified atom stereocenters. The van der Waals surface area contributed by atoms with Crippen LogP contribution in [0.25, 0.3) is 5.57 Å². The number of hydrogen-bond donors (Lipinski definition) is 0. The number of amides is 1. The van der Waals surface area contributed by atoms with E-state index in [2.05, 4.69) is 0 Å². The van der Waals surface area contributed by atoms with Gasteiger partial charge in [0, 0.05) is 31.3 Å². The van der Waals surface area contributed by atoms with Crippen LogP contribution in [0, 0.1) is 11.6 Å². The van der Waals surface area contributed by atoms with E-state index >= 15 is 0 Å². The van der Waals surface area contributed by atoms with Crippen LogP contribution >= 0.6 is 0 Å². The summed E-state index contributed by atoms with van der Waals surface area (Å²) in [6.45, 7) is 11.3. The van der Waals surface area contributed by atoms with Crippen molar-refractivity contribution in [3.8, 4) is 5.75 Å². The van der Waals surface area contributed by atoms with Gasteiger partial charge in [-0.15, -0.1) is 0 Å². The van der Waals surface area contributed by atoms with Crippen LogP contribution in [0.15, 0.2) is 48.5 Å². The largest absolute Gasteiger partial charge is 0.485 e. The lowest BCUT2D eigenvalue weighted by molar-refractivity contribution is -0.111. The van der Waals surface area contributed by atoms with Crippen molar-refractivity contribution in [2.24, 2.45) is 0 Å². The highest BCUT2D eigenvalue weighted by molar-refractivity contribution is 5.71. The van der Waals surface area contributed by atoms with Crippen LogP contribution in [0.5, 0.6) is 5.75 Å². The number of rotatable bonds is 15. The summed E-state index contributed by atoms with van der Waals surface area (Å²) in [5, 5.41) is 0. The lowest BCUT2D eigenvalue weighted by Crippen LogP contribution is -2.39. The van der Waals surface area contributed by atoms with Crippen LogP contribution in [-0.4, -0.2) is 61.9 Å². The lowest BCUT2D eigenvalue weighted by Gasteiger charge is -2.29. The van der Waals surface area contributed by atoms with Gasteiger partial charge in [-0.1, -0.05) is 50.3 Å². The van der Waals surface area contributed by atoms with Gasteiger partial charge in [0.05, 0.1) is 12.7 Å². The van der Waals surface area contributed by atoms with Crippen molar-refractivity contribution in [3.05, 3.63) is 71.3 Å². The van der Waals surface area contributed by atoms with Crippen molar-refractivity contribution in [1.82, 2.24) is 4.90 Å². The SMILES string of the molecule is CC.CC(C)(C)OC(=O)N(CCCCOCC=O)CCOC1CC=C(c2cc(F)cc(F)c2OCc2ccccc2)CC1. The van der Waals surface area contributed by atoms with E-state index in [1.165, 1.54) is 6.07 Å². The summed E-state index contributed by atoms with van der Waals surface area (Å²) in [6.07, 6.45) is 5.40. The Morgan fingerprint density at radius 3 is 2.44 bits per heavy atom. The van der Waals surface area contributed by atoms with Crippen LogP contribution in [0.1, 0.15) is 77.8 Å². The van der Waals surface area contributed by atoms with Crippen molar-refractivity contribution >= 4 is 18.0 Å². The molecule has 2 aromatic carbocycles. The molecule has 0 bridgehead atoms. The third-order valence-corrected chi connectivity index (χ3v) is 6.46. The molecular formula is C34H47F2NO6. The Labute approximate surface area is 255 Å². The zero-order chi connectivity index (χ0) is 31.7. The fraction of sp³-hybridized carbons (Fsp3) is 0.529. The minimum atomic E-state index is -0.729. The summed E-state index contributed by atoms with van der Waals surface area (Å²) in [6, 6.07) is 11.6. The highest BCUT2D eigenvalue weighted by Crippen LogP contribution is 2.36. The molecule has 1 atom stereocenters. The van der Waals surface area contributed by atoms with Gasteiger partial charge in [-0.25, -0.2) is 13.6 Å². The standard InChI is InChI=1S/C32H41F2NO6.C2H6/c1-32(2,3)41-31(37)35(15-7-8-18-38-20-17-36)16-19-39-27-13-11-25(12-14-27)28-21-26(33)22-29(34)30(28)40-23-24-9-5-4-6-10-24;1-2/h4-6,9-11,17,21-22,27H,7-8,12-16,18-20,23H2,1-3H3;1-2H3. The van der Waals surface area contributed by atoms with Gasteiger partial charge < -0.3 is 28.6 Å². The second-order valence-corrected chi connectivity index (χ2v) is 11.0. The molecule has 43 heavy (non-hydrogen) atoms. The number of carbonyl (C=O) groups is 2. The summed E-state index contributed by atoms with van der Waals surface area (Å²) in [5.74, 6) is -1.33. The predicted molar refractivity (Wildman–Crippen MR) is 164 cm³/mol. The molecule has 9 heteroatoms. The van der Waals surface area contributed by atoms with E-state index in [0.717, 1.165) is 17.2 Å². The lowest BCUT2D eigenvalue weighted by atomic mass is 9.91. The highest BCUT2D eigenvalue weighted by atomic mass is 19.1. The van der Waals surface area contributed by atoms with Crippen LogP contribution in [0.3, 0.4) is 0 Å². The molecule has 238 valence electrons. The van der Waals surface area contributed by atoms with Gasteiger partial charge in [-0.2, -0.15) is 0 Å². The van der Waals surface area contributed by atoms with Gasteiger partial charge in [0.25, 0.3) is 0 Å². The molecule has 0 radical (unpaired) electrons. The first-order valence-electron chi connectivity index (χ1n) is 15.1. The number of nitrogens with zero attached hydrogens (tertiary/aromatic N) is 1. The van der Waals surface area contributed by atoms with E-state index in [1.807, 2.05) is 71.0 Å². The van der Waals surface area contributed by atoms with Crippen LogP contribution < -0.4 is 4.74 Å². The monoisotopic (exact) mass is 603 g/mol. The molecule has 7 nitrogen and oxygen atoms in total. The summed E-state index contributed by atoms with van der Waals surface area (Å²) >= 11 is 0. The Morgan fingerprint density at radius 1 is 1.05 bits per heavy atom. The Balaban J connectivity index is 0.00000316. The second kappa shape index (κ2) is 19.1. The number of ether oxygens (including phenoxy) is 4. The number of aldehydes is 1. The number of carbonyl (C=O) groups excluding carboxylic acids is 2. The van der Waals surface area contributed by atoms with E-state index in [0.29, 0.717) is 70.3 Å². The van der Waals surface area contributed by atoms with Gasteiger partial charge in [-0.05, 0) is 70.1 Å². The predicted octanol–water partition coefficient (Wildman–Crippen LogP) is 7.76. The molecule has 3 rings (SSSR count). The first kappa shape index (κ1) is 35.9. The van der Waals surface area contributed by atoms with Crippen molar-refractivity contribution in [2.75, 3.05) is 32.9 Å². The van der Waals surface area contributed by atoms with Gasteiger partial charge in [0.15, 0.2) is 11.6 Å². The molecule has 1 aliphatic rings. The fourth-order valence-corrected chi connectivity index (χ4v) is 4.47. The molecule has 0 saturated heterocycles. The quantitative estimate of drug-likeness (QED) is 0.153. The van der Waals surface area contributed by atoms with E-state index < -0.39 is 23.3 Å². The van der Waals surface area contributed by atoms with E-state index in [4.69, 9.17) is 18.9 Å². The van der Waals surface area contributed by atoms with Crippen LogP contribution in [0.2, 0.25) is 0 Å². The molecule has 0 saturated carbocycles. The molecule has 0 heterocycles. The Morgan fingerprint density at radius 2 is 1.79 bits per heavy atom. The first-order valence-corrected chi connectivity index (χ1v) is 15.1. The third kappa shape index (κ3) is 13.3. The molecule has 1 amide bonds.